The van der Waals surface area contributed by atoms with Gasteiger partial charge in [0.2, 0.25) is 0 Å². The van der Waals surface area contributed by atoms with Crippen molar-refractivity contribution in [3.63, 3.8) is 0 Å². The molecular weight excluding hydrogens is 462 g/mol. The molecule has 1 atom stereocenters. The molecule has 1 unspecified atom stereocenters. The molecule has 0 radical (unpaired) electrons. The average Bonchev–Trinajstić information content (AvgIpc) is 3.26. The van der Waals surface area contributed by atoms with Crippen LogP contribution in [-0.4, -0.2) is 36.5 Å². The minimum absolute atomic E-state index is 0.323. The maximum atomic E-state index is 12.2. The van der Waals surface area contributed by atoms with Crippen molar-refractivity contribution in [3.8, 4) is 28.1 Å². The normalized spacial score (nSPS) is 11.8. The summed E-state index contributed by atoms with van der Waals surface area (Å²) in [7, 11) is 0. The fourth-order valence-electron chi connectivity index (χ4n) is 4.55. The van der Waals surface area contributed by atoms with Crippen molar-refractivity contribution in [2.45, 2.75) is 39.8 Å². The highest BCUT2D eigenvalue weighted by atomic mass is 16.6. The zero-order chi connectivity index (χ0) is 26.0. The van der Waals surface area contributed by atoms with Crippen molar-refractivity contribution in [1.29, 1.82) is 0 Å². The Morgan fingerprint density at radius 2 is 1.49 bits per heavy atom. The molecule has 192 valence electrons. The number of carbonyl (C=O) groups is 1. The second kappa shape index (κ2) is 12.9. The number of ether oxygens (including phenoxy) is 3. The van der Waals surface area contributed by atoms with Crippen LogP contribution in [0.3, 0.4) is 0 Å². The molecule has 1 aromatic heterocycles. The summed E-state index contributed by atoms with van der Waals surface area (Å²) in [5, 5.41) is 0. The summed E-state index contributed by atoms with van der Waals surface area (Å²) < 4.78 is 19.2. The van der Waals surface area contributed by atoms with E-state index in [1.807, 2.05) is 43.3 Å². The van der Waals surface area contributed by atoms with E-state index in [2.05, 4.69) is 66.1 Å². The smallest absolute Gasteiger partial charge is 0.335 e. The Labute approximate surface area is 219 Å². The molecule has 0 amide bonds. The Balaban J connectivity index is 1.46. The highest BCUT2D eigenvalue weighted by molar-refractivity contribution is 5.82. The van der Waals surface area contributed by atoms with Gasteiger partial charge in [-0.1, -0.05) is 72.8 Å². The monoisotopic (exact) mass is 497 g/mol. The van der Waals surface area contributed by atoms with Crippen LogP contribution in [0.25, 0.3) is 22.4 Å². The zero-order valence-corrected chi connectivity index (χ0v) is 21.9. The number of hydrogen-bond donors (Lipinski definition) is 0. The van der Waals surface area contributed by atoms with Gasteiger partial charge in [-0.15, -0.1) is 0 Å². The zero-order valence-electron chi connectivity index (χ0n) is 21.9. The van der Waals surface area contributed by atoms with E-state index < -0.39 is 6.10 Å². The van der Waals surface area contributed by atoms with Crippen LogP contribution in [0.2, 0.25) is 0 Å². The van der Waals surface area contributed by atoms with Gasteiger partial charge < -0.3 is 18.8 Å². The molecule has 0 aliphatic heterocycles. The first-order valence-electron chi connectivity index (χ1n) is 12.9. The summed E-state index contributed by atoms with van der Waals surface area (Å²) in [4.78, 5) is 12.2. The minimum atomic E-state index is -0.594. The Morgan fingerprint density at radius 1 is 0.838 bits per heavy atom. The highest BCUT2D eigenvalue weighted by Gasteiger charge is 2.20. The van der Waals surface area contributed by atoms with Gasteiger partial charge in [-0.3, -0.25) is 0 Å². The van der Waals surface area contributed by atoms with Crippen LogP contribution in [0.15, 0.2) is 91.0 Å². The predicted octanol–water partition coefficient (Wildman–Crippen LogP) is 6.72. The second-order valence-corrected chi connectivity index (χ2v) is 8.82. The maximum Gasteiger partial charge on any atom is 0.335 e. The van der Waals surface area contributed by atoms with Gasteiger partial charge in [0.05, 0.1) is 18.8 Å². The van der Waals surface area contributed by atoms with E-state index in [1.54, 1.807) is 6.92 Å². The van der Waals surface area contributed by atoms with Gasteiger partial charge >= 0.3 is 5.97 Å². The number of aromatic nitrogens is 1. The molecule has 0 aliphatic rings. The summed E-state index contributed by atoms with van der Waals surface area (Å²) in [5.41, 5.74) is 7.00. The predicted molar refractivity (Wildman–Crippen MR) is 148 cm³/mol. The fourth-order valence-corrected chi connectivity index (χ4v) is 4.55. The topological polar surface area (TPSA) is 49.7 Å². The van der Waals surface area contributed by atoms with Crippen LogP contribution >= 0.6 is 0 Å². The van der Waals surface area contributed by atoms with E-state index in [4.69, 9.17) is 14.2 Å². The molecule has 0 saturated carbocycles. The molecule has 0 N–H and O–H groups in total. The molecule has 5 nitrogen and oxygen atoms in total. The van der Waals surface area contributed by atoms with E-state index >= 15 is 0 Å². The molecule has 0 saturated heterocycles. The molecule has 0 spiro atoms. The van der Waals surface area contributed by atoms with Crippen molar-refractivity contribution >= 4 is 5.97 Å². The van der Waals surface area contributed by atoms with Gasteiger partial charge in [-0.05, 0) is 55.7 Å². The lowest BCUT2D eigenvalue weighted by atomic mass is 10.0. The number of aryl methyl sites for hydroxylation is 1. The van der Waals surface area contributed by atoms with Gasteiger partial charge in [-0.25, -0.2) is 4.79 Å². The first kappa shape index (κ1) is 26.2. The lowest BCUT2D eigenvalue weighted by molar-refractivity contribution is -0.156. The van der Waals surface area contributed by atoms with Crippen molar-refractivity contribution in [3.05, 3.63) is 102 Å². The molecule has 1 heterocycles. The summed E-state index contributed by atoms with van der Waals surface area (Å²) in [5.74, 6) is 0.470. The van der Waals surface area contributed by atoms with Gasteiger partial charge in [0.1, 0.15) is 12.4 Å². The molecule has 37 heavy (non-hydrogen) atoms. The molecule has 0 bridgehead atoms. The van der Waals surface area contributed by atoms with Crippen molar-refractivity contribution in [2.24, 2.45) is 0 Å². The molecule has 0 fully saturated rings. The van der Waals surface area contributed by atoms with E-state index in [0.29, 0.717) is 26.2 Å². The Kier molecular flexibility index (Phi) is 9.17. The third kappa shape index (κ3) is 6.69. The highest BCUT2D eigenvalue weighted by Crippen LogP contribution is 2.35. The third-order valence-corrected chi connectivity index (χ3v) is 6.28. The van der Waals surface area contributed by atoms with Crippen LogP contribution in [0.1, 0.15) is 25.1 Å². The quantitative estimate of drug-likeness (QED) is 0.204. The Hall–Kier alpha value is -3.83. The second-order valence-electron chi connectivity index (χ2n) is 8.82. The number of hydrogen-bond acceptors (Lipinski definition) is 4. The number of esters is 1. The summed E-state index contributed by atoms with van der Waals surface area (Å²) in [6, 6.07) is 31.1. The van der Waals surface area contributed by atoms with Gasteiger partial charge in [-0.2, -0.15) is 0 Å². The van der Waals surface area contributed by atoms with Gasteiger partial charge in [0.25, 0.3) is 0 Å². The number of nitrogens with zero attached hydrogens (tertiary/aromatic N) is 1. The molecular formula is C32H35NO4. The number of carbonyl (C=O) groups excluding carboxylic acids is 1. The summed E-state index contributed by atoms with van der Waals surface area (Å²) in [6.45, 7) is 7.88. The van der Waals surface area contributed by atoms with E-state index in [-0.39, 0.29) is 5.97 Å². The lowest BCUT2D eigenvalue weighted by Crippen LogP contribution is -2.28. The molecule has 3 aromatic carbocycles. The van der Waals surface area contributed by atoms with Crippen molar-refractivity contribution in [2.75, 3.05) is 19.8 Å². The first-order chi connectivity index (χ1) is 18.1. The molecule has 4 aromatic rings. The lowest BCUT2D eigenvalue weighted by Gasteiger charge is -2.16. The number of rotatable bonds is 12. The van der Waals surface area contributed by atoms with Crippen LogP contribution in [0, 0.1) is 6.92 Å². The fraction of sp³-hybridized carbons (Fsp3) is 0.281. The first-order valence-corrected chi connectivity index (χ1v) is 12.9. The SMILES string of the molecule is CCOC(=O)C(Cc1ccc(OCCn2c(C)cc(-c3ccccc3)c2-c2ccccc2)cc1)OCC. The van der Waals surface area contributed by atoms with Crippen molar-refractivity contribution in [1.82, 2.24) is 4.57 Å². The minimum Gasteiger partial charge on any atom is -0.492 e. The van der Waals surface area contributed by atoms with Crippen LogP contribution in [0.5, 0.6) is 5.75 Å². The van der Waals surface area contributed by atoms with E-state index in [9.17, 15) is 4.79 Å². The third-order valence-electron chi connectivity index (χ3n) is 6.28. The summed E-state index contributed by atoms with van der Waals surface area (Å²) in [6.07, 6.45) is -0.123. The Morgan fingerprint density at radius 3 is 2.11 bits per heavy atom. The van der Waals surface area contributed by atoms with Crippen LogP contribution in [0.4, 0.5) is 0 Å². The van der Waals surface area contributed by atoms with E-state index in [1.165, 1.54) is 28.1 Å². The van der Waals surface area contributed by atoms with Crippen LogP contribution in [-0.2, 0) is 27.2 Å². The molecule has 4 rings (SSSR count). The maximum absolute atomic E-state index is 12.2. The molecule has 5 heteroatoms. The largest absolute Gasteiger partial charge is 0.492 e. The Bertz CT molecular complexity index is 1260. The average molecular weight is 498 g/mol. The summed E-state index contributed by atoms with van der Waals surface area (Å²) >= 11 is 0. The standard InChI is InChI=1S/C32H35NO4/c1-4-35-30(32(34)36-5-2)23-25-16-18-28(19-17-25)37-21-20-33-24(3)22-29(26-12-8-6-9-13-26)31(33)27-14-10-7-11-15-27/h6-19,22,30H,4-5,20-21,23H2,1-3H3. The van der Waals surface area contributed by atoms with Crippen molar-refractivity contribution < 1.29 is 19.0 Å². The van der Waals surface area contributed by atoms with Crippen LogP contribution < -0.4 is 4.74 Å². The molecule has 0 aliphatic carbocycles. The van der Waals surface area contributed by atoms with E-state index in [0.717, 1.165) is 17.9 Å². The van der Waals surface area contributed by atoms with Gasteiger partial charge in [0, 0.05) is 24.3 Å². The number of benzene rings is 3. The van der Waals surface area contributed by atoms with Gasteiger partial charge in [0.15, 0.2) is 6.10 Å².